The first-order valence-electron chi connectivity index (χ1n) is 8.19. The van der Waals surface area contributed by atoms with Crippen molar-refractivity contribution in [3.8, 4) is 0 Å². The van der Waals surface area contributed by atoms with E-state index >= 15 is 0 Å². The summed E-state index contributed by atoms with van der Waals surface area (Å²) in [6.07, 6.45) is 5.35. The molecule has 2 atom stereocenters. The highest BCUT2D eigenvalue weighted by Crippen LogP contribution is 2.44. The molecule has 0 N–H and O–H groups in total. The Morgan fingerprint density at radius 3 is 2.20 bits per heavy atom. The maximum atomic E-state index is 12.1. The molecule has 0 aromatic carbocycles. The standard InChI is InChI=1S/C16H30N2O2/c1-5-18(6-2)16(12-15(19)20-7-3)10-13-8-9-14(11-16)17(13)4/h13-14H,5-12H2,1-4H3. The Kier molecular flexibility index (Phi) is 5.08. The van der Waals surface area contributed by atoms with Crippen molar-refractivity contribution in [3.05, 3.63) is 0 Å². The van der Waals surface area contributed by atoms with E-state index < -0.39 is 0 Å². The summed E-state index contributed by atoms with van der Waals surface area (Å²) in [6.45, 7) is 8.81. The van der Waals surface area contributed by atoms with Gasteiger partial charge in [-0.3, -0.25) is 9.69 Å². The molecule has 0 radical (unpaired) electrons. The SMILES string of the molecule is CCOC(=O)CC1(N(CC)CC)CC2CCC(C1)N2C. The van der Waals surface area contributed by atoms with Crippen LogP contribution in [0, 0.1) is 0 Å². The zero-order valence-electron chi connectivity index (χ0n) is 13.5. The predicted molar refractivity (Wildman–Crippen MR) is 80.7 cm³/mol. The van der Waals surface area contributed by atoms with E-state index in [1.54, 1.807) is 0 Å². The molecule has 4 nitrogen and oxygen atoms in total. The molecule has 2 bridgehead atoms. The molecule has 0 saturated carbocycles. The molecule has 0 aliphatic carbocycles. The monoisotopic (exact) mass is 282 g/mol. The Morgan fingerprint density at radius 1 is 1.20 bits per heavy atom. The molecule has 2 rings (SSSR count). The number of carbonyl (C=O) groups excluding carboxylic acids is 1. The molecule has 2 unspecified atom stereocenters. The third kappa shape index (κ3) is 2.86. The topological polar surface area (TPSA) is 32.8 Å². The number of hydrogen-bond acceptors (Lipinski definition) is 4. The van der Waals surface area contributed by atoms with Crippen molar-refractivity contribution in [2.24, 2.45) is 0 Å². The lowest BCUT2D eigenvalue weighted by Crippen LogP contribution is -2.59. The van der Waals surface area contributed by atoms with Crippen molar-refractivity contribution >= 4 is 5.97 Å². The van der Waals surface area contributed by atoms with Crippen LogP contribution < -0.4 is 0 Å². The lowest BCUT2D eigenvalue weighted by atomic mass is 9.78. The predicted octanol–water partition coefficient (Wildman–Crippen LogP) is 2.28. The summed E-state index contributed by atoms with van der Waals surface area (Å²) in [4.78, 5) is 17.1. The maximum Gasteiger partial charge on any atom is 0.307 e. The van der Waals surface area contributed by atoms with Gasteiger partial charge in [0.15, 0.2) is 0 Å². The van der Waals surface area contributed by atoms with Crippen LogP contribution in [0.1, 0.15) is 52.9 Å². The Hall–Kier alpha value is -0.610. The van der Waals surface area contributed by atoms with Crippen molar-refractivity contribution in [1.82, 2.24) is 9.80 Å². The van der Waals surface area contributed by atoms with Crippen LogP contribution in [-0.4, -0.2) is 60.1 Å². The number of esters is 1. The summed E-state index contributed by atoms with van der Waals surface area (Å²) in [5.74, 6) is -0.0247. The van der Waals surface area contributed by atoms with Crippen LogP contribution in [0.2, 0.25) is 0 Å². The number of piperidine rings is 1. The highest BCUT2D eigenvalue weighted by atomic mass is 16.5. The minimum Gasteiger partial charge on any atom is -0.466 e. The lowest BCUT2D eigenvalue weighted by Gasteiger charge is -2.50. The summed E-state index contributed by atoms with van der Waals surface area (Å²) >= 11 is 0. The van der Waals surface area contributed by atoms with Crippen LogP contribution in [0.15, 0.2) is 0 Å². The Labute approximate surface area is 123 Å². The van der Waals surface area contributed by atoms with E-state index in [1.165, 1.54) is 12.8 Å². The number of nitrogens with zero attached hydrogens (tertiary/aromatic N) is 2. The first-order valence-corrected chi connectivity index (χ1v) is 8.19. The van der Waals surface area contributed by atoms with Crippen LogP contribution >= 0.6 is 0 Å². The molecular weight excluding hydrogens is 252 g/mol. The molecule has 0 aromatic rings. The Morgan fingerprint density at radius 2 is 1.75 bits per heavy atom. The summed E-state index contributed by atoms with van der Waals surface area (Å²) in [5, 5.41) is 0. The van der Waals surface area contributed by atoms with E-state index in [-0.39, 0.29) is 11.5 Å². The minimum atomic E-state index is -0.0247. The van der Waals surface area contributed by atoms with Crippen molar-refractivity contribution in [3.63, 3.8) is 0 Å². The lowest BCUT2D eigenvalue weighted by molar-refractivity contribution is -0.148. The van der Waals surface area contributed by atoms with E-state index in [0.717, 1.165) is 25.9 Å². The molecular formula is C16H30N2O2. The maximum absolute atomic E-state index is 12.1. The van der Waals surface area contributed by atoms with Gasteiger partial charge in [-0.1, -0.05) is 13.8 Å². The number of ether oxygens (including phenoxy) is 1. The van der Waals surface area contributed by atoms with Gasteiger partial charge in [0, 0.05) is 17.6 Å². The molecule has 2 heterocycles. The first-order chi connectivity index (χ1) is 9.56. The summed E-state index contributed by atoms with van der Waals surface area (Å²) in [7, 11) is 2.25. The number of rotatable bonds is 6. The van der Waals surface area contributed by atoms with Gasteiger partial charge in [-0.2, -0.15) is 0 Å². The third-order valence-corrected chi connectivity index (χ3v) is 5.43. The largest absolute Gasteiger partial charge is 0.466 e. The van der Waals surface area contributed by atoms with Crippen LogP contribution in [0.3, 0.4) is 0 Å². The van der Waals surface area contributed by atoms with Gasteiger partial charge >= 0.3 is 5.97 Å². The zero-order chi connectivity index (χ0) is 14.8. The highest BCUT2D eigenvalue weighted by Gasteiger charge is 2.50. The Balaban J connectivity index is 2.19. The second-order valence-electron chi connectivity index (χ2n) is 6.34. The fraction of sp³-hybridized carbons (Fsp3) is 0.938. The molecule has 2 fully saturated rings. The first kappa shape index (κ1) is 15.8. The molecule has 20 heavy (non-hydrogen) atoms. The fourth-order valence-electron chi connectivity index (χ4n) is 4.43. The average Bonchev–Trinajstić information content (AvgIpc) is 2.63. The zero-order valence-corrected chi connectivity index (χ0v) is 13.5. The fourth-order valence-corrected chi connectivity index (χ4v) is 4.43. The molecule has 0 amide bonds. The van der Waals surface area contributed by atoms with Crippen LogP contribution in [-0.2, 0) is 9.53 Å². The van der Waals surface area contributed by atoms with E-state index in [1.807, 2.05) is 6.92 Å². The van der Waals surface area contributed by atoms with Gasteiger partial charge in [-0.05, 0) is 52.7 Å². The van der Waals surface area contributed by atoms with E-state index in [2.05, 4.69) is 30.7 Å². The van der Waals surface area contributed by atoms with Gasteiger partial charge in [0.1, 0.15) is 0 Å². The van der Waals surface area contributed by atoms with Crippen molar-refractivity contribution in [2.75, 3.05) is 26.7 Å². The second-order valence-corrected chi connectivity index (χ2v) is 6.34. The number of fused-ring (bicyclic) bond motifs is 2. The smallest absolute Gasteiger partial charge is 0.307 e. The summed E-state index contributed by atoms with van der Waals surface area (Å²) in [6, 6.07) is 1.28. The second kappa shape index (κ2) is 6.44. The van der Waals surface area contributed by atoms with Crippen LogP contribution in [0.5, 0.6) is 0 Å². The summed E-state index contributed by atoms with van der Waals surface area (Å²) < 4.78 is 5.25. The van der Waals surface area contributed by atoms with Crippen molar-refractivity contribution in [1.29, 1.82) is 0 Å². The minimum absolute atomic E-state index is 0.0219. The van der Waals surface area contributed by atoms with E-state index in [9.17, 15) is 4.79 Å². The average molecular weight is 282 g/mol. The van der Waals surface area contributed by atoms with Crippen molar-refractivity contribution in [2.45, 2.75) is 70.5 Å². The van der Waals surface area contributed by atoms with Gasteiger partial charge in [0.2, 0.25) is 0 Å². The van der Waals surface area contributed by atoms with Gasteiger partial charge in [0.05, 0.1) is 13.0 Å². The molecule has 0 aromatic heterocycles. The molecule has 0 spiro atoms. The number of hydrogen-bond donors (Lipinski definition) is 0. The van der Waals surface area contributed by atoms with Crippen molar-refractivity contribution < 1.29 is 9.53 Å². The molecule has 2 aliphatic heterocycles. The number of carbonyl (C=O) groups is 1. The van der Waals surface area contributed by atoms with Gasteiger partial charge in [-0.15, -0.1) is 0 Å². The third-order valence-electron chi connectivity index (χ3n) is 5.43. The van der Waals surface area contributed by atoms with E-state index in [4.69, 9.17) is 4.74 Å². The normalized spacial score (nSPS) is 33.6. The quantitative estimate of drug-likeness (QED) is 0.700. The van der Waals surface area contributed by atoms with Gasteiger partial charge < -0.3 is 9.64 Å². The van der Waals surface area contributed by atoms with Gasteiger partial charge in [0.25, 0.3) is 0 Å². The molecule has 2 saturated heterocycles. The molecule has 116 valence electrons. The van der Waals surface area contributed by atoms with Gasteiger partial charge in [-0.25, -0.2) is 0 Å². The van der Waals surface area contributed by atoms with Crippen LogP contribution in [0.4, 0.5) is 0 Å². The molecule has 4 heteroatoms. The molecule has 2 aliphatic rings. The van der Waals surface area contributed by atoms with Crippen LogP contribution in [0.25, 0.3) is 0 Å². The highest BCUT2D eigenvalue weighted by molar-refractivity contribution is 5.71. The van der Waals surface area contributed by atoms with E-state index in [0.29, 0.717) is 25.1 Å². The summed E-state index contributed by atoms with van der Waals surface area (Å²) in [5.41, 5.74) is 0.0219. The Bertz CT molecular complexity index is 327.